The molecule has 2 aromatic carbocycles. The maximum atomic E-state index is 12.2. The summed E-state index contributed by atoms with van der Waals surface area (Å²) < 4.78 is 5.63. The van der Waals surface area contributed by atoms with Gasteiger partial charge in [-0.25, -0.2) is 4.79 Å². The van der Waals surface area contributed by atoms with Crippen LogP contribution < -0.4 is 10.1 Å². The highest BCUT2D eigenvalue weighted by Gasteiger charge is 2.14. The van der Waals surface area contributed by atoms with Gasteiger partial charge >= 0.3 is 5.97 Å². The van der Waals surface area contributed by atoms with Crippen molar-refractivity contribution in [2.75, 3.05) is 0 Å². The number of rotatable bonds is 9. The number of carbonyl (C=O) groups is 2. The molecule has 0 aromatic heterocycles. The average molecular weight is 369 g/mol. The number of carboxylic acids is 1. The number of ether oxygens (including phenoxy) is 1. The van der Waals surface area contributed by atoms with Crippen molar-refractivity contribution in [3.63, 3.8) is 0 Å². The second-order valence-electron chi connectivity index (χ2n) is 6.96. The Kier molecular flexibility index (Phi) is 7.41. The number of aryl methyl sites for hydroxylation is 1. The van der Waals surface area contributed by atoms with Crippen molar-refractivity contribution in [1.82, 2.24) is 5.32 Å². The number of benzene rings is 2. The third-order valence-corrected chi connectivity index (χ3v) is 4.17. The molecule has 0 saturated heterocycles. The van der Waals surface area contributed by atoms with Crippen LogP contribution in [0.2, 0.25) is 0 Å². The number of amides is 1. The minimum Gasteiger partial charge on any atom is -0.491 e. The number of hydrogen-bond acceptors (Lipinski definition) is 3. The lowest BCUT2D eigenvalue weighted by atomic mass is 10.0. The van der Waals surface area contributed by atoms with Gasteiger partial charge in [-0.2, -0.15) is 0 Å². The lowest BCUT2D eigenvalue weighted by Gasteiger charge is -2.15. The first-order valence-corrected chi connectivity index (χ1v) is 9.21. The Morgan fingerprint density at radius 3 is 2.33 bits per heavy atom. The van der Waals surface area contributed by atoms with Crippen LogP contribution in [0.5, 0.6) is 5.75 Å². The van der Waals surface area contributed by atoms with E-state index in [2.05, 4.69) is 5.32 Å². The van der Waals surface area contributed by atoms with E-state index in [1.165, 1.54) is 11.6 Å². The third-order valence-electron chi connectivity index (χ3n) is 4.17. The second kappa shape index (κ2) is 9.76. The lowest BCUT2D eigenvalue weighted by Crippen LogP contribution is -2.34. The normalized spacial score (nSPS) is 11.9. The maximum Gasteiger partial charge on any atom is 0.335 e. The predicted molar refractivity (Wildman–Crippen MR) is 105 cm³/mol. The summed E-state index contributed by atoms with van der Waals surface area (Å²) >= 11 is 0. The van der Waals surface area contributed by atoms with E-state index >= 15 is 0 Å². The zero-order chi connectivity index (χ0) is 19.8. The molecule has 0 saturated carbocycles. The number of carbonyl (C=O) groups excluding carboxylic acids is 1. The molecule has 0 spiro atoms. The topological polar surface area (TPSA) is 75.6 Å². The Labute approximate surface area is 160 Å². The summed E-state index contributed by atoms with van der Waals surface area (Å²) in [4.78, 5) is 23.5. The molecule has 0 heterocycles. The zero-order valence-electron chi connectivity index (χ0n) is 16.1. The van der Waals surface area contributed by atoms with Gasteiger partial charge in [-0.1, -0.05) is 30.3 Å². The van der Waals surface area contributed by atoms with Crippen molar-refractivity contribution in [1.29, 1.82) is 0 Å². The molecule has 0 aliphatic carbocycles. The smallest absolute Gasteiger partial charge is 0.335 e. The summed E-state index contributed by atoms with van der Waals surface area (Å²) in [5.41, 5.74) is 1.88. The van der Waals surface area contributed by atoms with Crippen LogP contribution >= 0.6 is 0 Å². The molecule has 5 heteroatoms. The van der Waals surface area contributed by atoms with E-state index in [1.54, 1.807) is 18.2 Å². The van der Waals surface area contributed by atoms with Crippen LogP contribution in [0.25, 0.3) is 0 Å². The Morgan fingerprint density at radius 1 is 1.04 bits per heavy atom. The van der Waals surface area contributed by atoms with Crippen LogP contribution in [0.15, 0.2) is 48.5 Å². The molecular weight excluding hydrogens is 342 g/mol. The molecule has 2 aromatic rings. The van der Waals surface area contributed by atoms with Crippen molar-refractivity contribution >= 4 is 11.9 Å². The molecular formula is C22H27NO4. The predicted octanol–water partition coefficient (Wildman–Crippen LogP) is 3.85. The molecule has 1 amide bonds. The van der Waals surface area contributed by atoms with Gasteiger partial charge in [0, 0.05) is 6.04 Å². The van der Waals surface area contributed by atoms with Gasteiger partial charge in [0.1, 0.15) is 5.75 Å². The minimum absolute atomic E-state index is 0.00100. The summed E-state index contributed by atoms with van der Waals surface area (Å²) in [7, 11) is 0. The summed E-state index contributed by atoms with van der Waals surface area (Å²) in [5.74, 6) is -0.333. The largest absolute Gasteiger partial charge is 0.491 e. The van der Waals surface area contributed by atoms with E-state index in [0.717, 1.165) is 18.6 Å². The highest BCUT2D eigenvalue weighted by molar-refractivity contribution is 5.91. The summed E-state index contributed by atoms with van der Waals surface area (Å²) in [6, 6.07) is 14.6. The molecule has 0 fully saturated rings. The van der Waals surface area contributed by atoms with E-state index in [4.69, 9.17) is 4.74 Å². The first-order valence-electron chi connectivity index (χ1n) is 9.21. The highest BCUT2D eigenvalue weighted by atomic mass is 16.5. The minimum atomic E-state index is -1.02. The lowest BCUT2D eigenvalue weighted by molar-refractivity contribution is -0.121. The molecule has 0 aliphatic rings. The van der Waals surface area contributed by atoms with Crippen LogP contribution in [0, 0.1) is 0 Å². The molecule has 0 bridgehead atoms. The van der Waals surface area contributed by atoms with E-state index < -0.39 is 5.97 Å². The summed E-state index contributed by atoms with van der Waals surface area (Å²) in [5, 5.41) is 12.1. The molecule has 1 unspecified atom stereocenters. The molecule has 144 valence electrons. The SMILES string of the molecule is CC(CCc1ccc(OC(C)C)cc1)NC(=O)Cc1ccccc1C(=O)O. The second-order valence-corrected chi connectivity index (χ2v) is 6.96. The third kappa shape index (κ3) is 6.77. The Hall–Kier alpha value is -2.82. The van der Waals surface area contributed by atoms with Crippen LogP contribution in [0.3, 0.4) is 0 Å². The molecule has 2 N–H and O–H groups in total. The number of carboxylic acid groups (broad SMARTS) is 1. The van der Waals surface area contributed by atoms with Gasteiger partial charge < -0.3 is 15.2 Å². The maximum absolute atomic E-state index is 12.2. The van der Waals surface area contributed by atoms with E-state index in [9.17, 15) is 14.7 Å². The fourth-order valence-electron chi connectivity index (χ4n) is 2.84. The number of aromatic carboxylic acids is 1. The molecule has 5 nitrogen and oxygen atoms in total. The van der Waals surface area contributed by atoms with Gasteiger partial charge in [-0.05, 0) is 62.9 Å². The first-order chi connectivity index (χ1) is 12.8. The van der Waals surface area contributed by atoms with Gasteiger partial charge in [-0.15, -0.1) is 0 Å². The van der Waals surface area contributed by atoms with Gasteiger partial charge in [0.15, 0.2) is 0 Å². The molecule has 0 radical (unpaired) electrons. The van der Waals surface area contributed by atoms with Crippen molar-refractivity contribution in [2.24, 2.45) is 0 Å². The highest BCUT2D eigenvalue weighted by Crippen LogP contribution is 2.15. The molecule has 2 rings (SSSR count). The number of hydrogen-bond donors (Lipinski definition) is 2. The van der Waals surface area contributed by atoms with Gasteiger partial charge in [0.2, 0.25) is 5.91 Å². The van der Waals surface area contributed by atoms with Crippen LogP contribution in [0.1, 0.15) is 48.7 Å². The monoisotopic (exact) mass is 369 g/mol. The summed E-state index contributed by atoms with van der Waals surface area (Å²) in [6.07, 6.45) is 1.86. The van der Waals surface area contributed by atoms with E-state index in [-0.39, 0.29) is 30.0 Å². The molecule has 1 atom stereocenters. The Balaban J connectivity index is 1.82. The fourth-order valence-corrected chi connectivity index (χ4v) is 2.84. The Morgan fingerprint density at radius 2 is 1.70 bits per heavy atom. The van der Waals surface area contributed by atoms with Crippen molar-refractivity contribution in [2.45, 2.75) is 52.2 Å². The van der Waals surface area contributed by atoms with Gasteiger partial charge in [0.25, 0.3) is 0 Å². The van der Waals surface area contributed by atoms with Crippen molar-refractivity contribution in [3.8, 4) is 5.75 Å². The van der Waals surface area contributed by atoms with Crippen LogP contribution in [-0.4, -0.2) is 29.1 Å². The van der Waals surface area contributed by atoms with Gasteiger partial charge in [-0.3, -0.25) is 4.79 Å². The average Bonchev–Trinajstić information content (AvgIpc) is 2.61. The van der Waals surface area contributed by atoms with Crippen LogP contribution in [-0.2, 0) is 17.6 Å². The van der Waals surface area contributed by atoms with E-state index in [0.29, 0.717) is 5.56 Å². The van der Waals surface area contributed by atoms with Gasteiger partial charge in [0.05, 0.1) is 18.1 Å². The van der Waals surface area contributed by atoms with Crippen LogP contribution in [0.4, 0.5) is 0 Å². The van der Waals surface area contributed by atoms with Crippen molar-refractivity contribution in [3.05, 3.63) is 65.2 Å². The first kappa shape index (κ1) is 20.5. The zero-order valence-corrected chi connectivity index (χ0v) is 16.1. The summed E-state index contributed by atoms with van der Waals surface area (Å²) in [6.45, 7) is 5.94. The standard InChI is InChI=1S/C22H27NO4/c1-15(2)27-19-12-10-17(11-13-19)9-8-16(3)23-21(24)14-18-6-4-5-7-20(18)22(25)26/h4-7,10-13,15-16H,8-9,14H2,1-3H3,(H,23,24)(H,25,26). The quantitative estimate of drug-likeness (QED) is 0.704. The molecule has 0 aliphatic heterocycles. The Bertz CT molecular complexity index is 768. The molecule has 27 heavy (non-hydrogen) atoms. The van der Waals surface area contributed by atoms with Crippen molar-refractivity contribution < 1.29 is 19.4 Å². The fraction of sp³-hybridized carbons (Fsp3) is 0.364. The van der Waals surface area contributed by atoms with E-state index in [1.807, 2.05) is 45.0 Å². The number of nitrogens with one attached hydrogen (secondary N) is 1.